The van der Waals surface area contributed by atoms with Crippen LogP contribution in [0.4, 0.5) is 0 Å². The molecule has 0 radical (unpaired) electrons. The summed E-state index contributed by atoms with van der Waals surface area (Å²) in [6.45, 7) is 2.62. The van der Waals surface area contributed by atoms with Gasteiger partial charge in [0.15, 0.2) is 0 Å². The fourth-order valence-electron chi connectivity index (χ4n) is 2.47. The molecule has 0 aliphatic heterocycles. The van der Waals surface area contributed by atoms with Crippen molar-refractivity contribution in [1.82, 2.24) is 0 Å². The van der Waals surface area contributed by atoms with Gasteiger partial charge in [-0.25, -0.2) is 0 Å². The van der Waals surface area contributed by atoms with Crippen LogP contribution in [0.5, 0.6) is 5.75 Å². The second-order valence-corrected chi connectivity index (χ2v) is 5.35. The number of hydrogen-bond donors (Lipinski definition) is 1. The summed E-state index contributed by atoms with van der Waals surface area (Å²) in [6, 6.07) is 16.0. The SMILES string of the molecule is CCOc1ccc(C(O)c2ccc(C3CC3)cc2)cc1. The predicted octanol–water partition coefficient (Wildman–Crippen LogP) is 4.04. The van der Waals surface area contributed by atoms with Crippen molar-refractivity contribution in [3.63, 3.8) is 0 Å². The molecule has 104 valence electrons. The van der Waals surface area contributed by atoms with Crippen molar-refractivity contribution in [3.05, 3.63) is 65.2 Å². The third-order valence-corrected chi connectivity index (χ3v) is 3.81. The Labute approximate surface area is 120 Å². The minimum Gasteiger partial charge on any atom is -0.494 e. The molecule has 0 saturated heterocycles. The summed E-state index contributed by atoms with van der Waals surface area (Å²) in [5.74, 6) is 1.60. The van der Waals surface area contributed by atoms with Gasteiger partial charge in [0.05, 0.1) is 6.61 Å². The zero-order chi connectivity index (χ0) is 13.9. The number of rotatable bonds is 5. The van der Waals surface area contributed by atoms with Gasteiger partial charge in [0.25, 0.3) is 0 Å². The van der Waals surface area contributed by atoms with Gasteiger partial charge in [-0.15, -0.1) is 0 Å². The van der Waals surface area contributed by atoms with Crippen LogP contribution in [0.1, 0.15) is 48.5 Å². The summed E-state index contributed by atoms with van der Waals surface area (Å²) >= 11 is 0. The quantitative estimate of drug-likeness (QED) is 0.886. The van der Waals surface area contributed by atoms with E-state index in [1.54, 1.807) is 0 Å². The van der Waals surface area contributed by atoms with E-state index in [4.69, 9.17) is 4.74 Å². The van der Waals surface area contributed by atoms with Crippen LogP contribution in [0.3, 0.4) is 0 Å². The molecule has 2 nitrogen and oxygen atoms in total. The highest BCUT2D eigenvalue weighted by molar-refractivity contribution is 5.36. The fourth-order valence-corrected chi connectivity index (χ4v) is 2.47. The van der Waals surface area contributed by atoms with Gasteiger partial charge in [-0.05, 0) is 54.5 Å². The van der Waals surface area contributed by atoms with E-state index in [2.05, 4.69) is 12.1 Å². The molecular weight excluding hydrogens is 248 g/mol. The van der Waals surface area contributed by atoms with Crippen molar-refractivity contribution < 1.29 is 9.84 Å². The van der Waals surface area contributed by atoms with Crippen LogP contribution in [-0.2, 0) is 0 Å². The van der Waals surface area contributed by atoms with Crippen LogP contribution >= 0.6 is 0 Å². The largest absolute Gasteiger partial charge is 0.494 e. The molecule has 2 aromatic carbocycles. The van der Waals surface area contributed by atoms with Crippen LogP contribution in [0.25, 0.3) is 0 Å². The lowest BCUT2D eigenvalue weighted by Gasteiger charge is -2.13. The number of aliphatic hydroxyl groups is 1. The minimum absolute atomic E-state index is 0.570. The average Bonchev–Trinajstić information content (AvgIpc) is 3.33. The maximum absolute atomic E-state index is 10.4. The maximum Gasteiger partial charge on any atom is 0.119 e. The van der Waals surface area contributed by atoms with E-state index in [0.29, 0.717) is 6.61 Å². The van der Waals surface area contributed by atoms with Gasteiger partial charge >= 0.3 is 0 Å². The molecule has 3 rings (SSSR count). The summed E-state index contributed by atoms with van der Waals surface area (Å²) in [4.78, 5) is 0. The molecule has 0 spiro atoms. The van der Waals surface area contributed by atoms with E-state index in [0.717, 1.165) is 22.8 Å². The lowest BCUT2D eigenvalue weighted by molar-refractivity contribution is 0.220. The Kier molecular flexibility index (Phi) is 3.75. The number of benzene rings is 2. The Morgan fingerprint density at radius 2 is 1.55 bits per heavy atom. The van der Waals surface area contributed by atoms with Crippen molar-refractivity contribution in [2.75, 3.05) is 6.61 Å². The number of hydrogen-bond acceptors (Lipinski definition) is 2. The molecule has 2 aromatic rings. The van der Waals surface area contributed by atoms with Gasteiger partial charge in [0, 0.05) is 0 Å². The van der Waals surface area contributed by atoms with Crippen LogP contribution in [0.2, 0.25) is 0 Å². The first kappa shape index (κ1) is 13.2. The highest BCUT2D eigenvalue weighted by Crippen LogP contribution is 2.40. The van der Waals surface area contributed by atoms with Crippen LogP contribution < -0.4 is 4.74 Å². The first-order chi connectivity index (χ1) is 9.78. The van der Waals surface area contributed by atoms with Gasteiger partial charge in [-0.1, -0.05) is 36.4 Å². The molecule has 1 saturated carbocycles. The minimum atomic E-state index is -0.570. The standard InChI is InChI=1S/C18H20O2/c1-2-20-17-11-9-16(10-12-17)18(19)15-7-5-14(6-8-15)13-3-4-13/h5-13,18-19H,2-4H2,1H3. The second-order valence-electron chi connectivity index (χ2n) is 5.35. The molecule has 1 atom stereocenters. The van der Waals surface area contributed by atoms with Crippen molar-refractivity contribution >= 4 is 0 Å². The van der Waals surface area contributed by atoms with Crippen LogP contribution in [0.15, 0.2) is 48.5 Å². The predicted molar refractivity (Wildman–Crippen MR) is 80.1 cm³/mol. The van der Waals surface area contributed by atoms with E-state index in [1.165, 1.54) is 18.4 Å². The molecule has 0 bridgehead atoms. The van der Waals surface area contributed by atoms with Crippen molar-refractivity contribution in [2.24, 2.45) is 0 Å². The summed E-state index contributed by atoms with van der Waals surface area (Å²) in [6.07, 6.45) is 2.04. The molecule has 1 fully saturated rings. The second kappa shape index (κ2) is 5.68. The molecule has 1 unspecified atom stereocenters. The first-order valence-electron chi connectivity index (χ1n) is 7.28. The zero-order valence-electron chi connectivity index (χ0n) is 11.8. The lowest BCUT2D eigenvalue weighted by atomic mass is 9.99. The molecule has 20 heavy (non-hydrogen) atoms. The van der Waals surface area contributed by atoms with E-state index in [1.807, 2.05) is 43.3 Å². The Hall–Kier alpha value is -1.80. The highest BCUT2D eigenvalue weighted by atomic mass is 16.5. The summed E-state index contributed by atoms with van der Waals surface area (Å²) in [7, 11) is 0. The highest BCUT2D eigenvalue weighted by Gasteiger charge is 2.23. The van der Waals surface area contributed by atoms with Crippen molar-refractivity contribution in [3.8, 4) is 5.75 Å². The topological polar surface area (TPSA) is 29.5 Å². The molecule has 0 aromatic heterocycles. The fraction of sp³-hybridized carbons (Fsp3) is 0.333. The van der Waals surface area contributed by atoms with E-state index >= 15 is 0 Å². The summed E-state index contributed by atoms with van der Waals surface area (Å²) in [5.41, 5.74) is 3.24. The Balaban J connectivity index is 1.74. The zero-order valence-corrected chi connectivity index (χ0v) is 11.8. The Morgan fingerprint density at radius 3 is 2.05 bits per heavy atom. The van der Waals surface area contributed by atoms with Crippen molar-refractivity contribution in [2.45, 2.75) is 31.8 Å². The van der Waals surface area contributed by atoms with Crippen molar-refractivity contribution in [1.29, 1.82) is 0 Å². The van der Waals surface area contributed by atoms with Crippen LogP contribution in [-0.4, -0.2) is 11.7 Å². The number of ether oxygens (including phenoxy) is 1. The van der Waals surface area contributed by atoms with Crippen LogP contribution in [0, 0.1) is 0 Å². The van der Waals surface area contributed by atoms with E-state index < -0.39 is 6.10 Å². The van der Waals surface area contributed by atoms with Gasteiger partial charge in [-0.2, -0.15) is 0 Å². The van der Waals surface area contributed by atoms with Gasteiger partial charge < -0.3 is 9.84 Å². The summed E-state index contributed by atoms with van der Waals surface area (Å²) in [5, 5.41) is 10.4. The molecule has 1 N–H and O–H groups in total. The Morgan fingerprint density at radius 1 is 1.00 bits per heavy atom. The first-order valence-corrected chi connectivity index (χ1v) is 7.28. The normalized spacial score (nSPS) is 15.9. The molecule has 0 heterocycles. The third-order valence-electron chi connectivity index (χ3n) is 3.81. The molecule has 2 heteroatoms. The van der Waals surface area contributed by atoms with Gasteiger partial charge in [-0.3, -0.25) is 0 Å². The molecule has 0 amide bonds. The van der Waals surface area contributed by atoms with Gasteiger partial charge in [0.2, 0.25) is 0 Å². The smallest absolute Gasteiger partial charge is 0.119 e. The maximum atomic E-state index is 10.4. The van der Waals surface area contributed by atoms with E-state index in [-0.39, 0.29) is 0 Å². The summed E-state index contributed by atoms with van der Waals surface area (Å²) < 4.78 is 5.41. The number of aliphatic hydroxyl groups excluding tert-OH is 1. The molecule has 1 aliphatic carbocycles. The lowest BCUT2D eigenvalue weighted by Crippen LogP contribution is -2.00. The third kappa shape index (κ3) is 2.86. The monoisotopic (exact) mass is 268 g/mol. The Bertz CT molecular complexity index is 553. The average molecular weight is 268 g/mol. The van der Waals surface area contributed by atoms with E-state index in [9.17, 15) is 5.11 Å². The molecular formula is C18H20O2. The van der Waals surface area contributed by atoms with Gasteiger partial charge in [0.1, 0.15) is 11.9 Å². The molecule has 1 aliphatic rings.